The molecule has 0 aliphatic heterocycles. The topological polar surface area (TPSA) is 100 Å². The van der Waals surface area contributed by atoms with Gasteiger partial charge >= 0.3 is 0 Å². The molecule has 3 aromatic carbocycles. The summed E-state index contributed by atoms with van der Waals surface area (Å²) in [5, 5.41) is 6.62. The summed E-state index contributed by atoms with van der Waals surface area (Å²) in [7, 11) is 0. The van der Waals surface area contributed by atoms with Crippen LogP contribution in [0.15, 0.2) is 83.3 Å². The van der Waals surface area contributed by atoms with Crippen LogP contribution in [-0.2, 0) is 17.6 Å². The quantitative estimate of drug-likeness (QED) is 0.349. The standard InChI is InChI=1S/C26H22N4O3/c31-25(27-14-13-24-29-20-6-2-3-7-21(20)30-24)15-17-9-11-19(12-10-17)28-26(32)23-16-18-5-1-4-8-22(18)33-23/h1-12,16H,13-15H2,(H,27,31)(H,28,32)(H,29,30). The van der Waals surface area contributed by atoms with E-state index in [9.17, 15) is 9.59 Å². The highest BCUT2D eigenvalue weighted by molar-refractivity contribution is 6.04. The summed E-state index contributed by atoms with van der Waals surface area (Å²) in [6, 6.07) is 24.2. The summed E-state index contributed by atoms with van der Waals surface area (Å²) in [6.45, 7) is 0.504. The Morgan fingerprint density at radius 3 is 2.55 bits per heavy atom. The van der Waals surface area contributed by atoms with Crippen molar-refractivity contribution in [3.63, 3.8) is 0 Å². The maximum Gasteiger partial charge on any atom is 0.291 e. The second-order valence-electron chi connectivity index (χ2n) is 7.78. The van der Waals surface area contributed by atoms with Crippen LogP contribution >= 0.6 is 0 Å². The number of aromatic nitrogens is 2. The lowest BCUT2D eigenvalue weighted by molar-refractivity contribution is -0.120. The van der Waals surface area contributed by atoms with Gasteiger partial charge in [-0.05, 0) is 42.0 Å². The van der Waals surface area contributed by atoms with Crippen molar-refractivity contribution in [1.29, 1.82) is 0 Å². The molecule has 7 heteroatoms. The third kappa shape index (κ3) is 4.77. The van der Waals surface area contributed by atoms with Gasteiger partial charge in [0, 0.05) is 24.0 Å². The molecule has 0 bridgehead atoms. The van der Waals surface area contributed by atoms with Crippen molar-refractivity contribution in [2.24, 2.45) is 0 Å². The molecule has 0 spiro atoms. The molecule has 0 fully saturated rings. The first-order valence-corrected chi connectivity index (χ1v) is 10.7. The minimum atomic E-state index is -0.317. The molecule has 2 amide bonds. The van der Waals surface area contributed by atoms with Crippen LogP contribution in [-0.4, -0.2) is 28.3 Å². The molecule has 0 unspecified atom stereocenters. The number of carbonyl (C=O) groups excluding carboxylic acids is 2. The van der Waals surface area contributed by atoms with Gasteiger partial charge in [0.05, 0.1) is 17.5 Å². The number of furan rings is 1. The van der Waals surface area contributed by atoms with Crippen molar-refractivity contribution in [3.05, 3.63) is 96.0 Å². The minimum Gasteiger partial charge on any atom is -0.451 e. The lowest BCUT2D eigenvalue weighted by atomic mass is 10.1. The molecule has 164 valence electrons. The smallest absolute Gasteiger partial charge is 0.291 e. The molecule has 0 aliphatic rings. The molecule has 5 aromatic rings. The van der Waals surface area contributed by atoms with Crippen LogP contribution in [0, 0.1) is 0 Å². The fraction of sp³-hybridized carbons (Fsp3) is 0.115. The molecule has 0 saturated carbocycles. The number of benzene rings is 3. The molecule has 2 aromatic heterocycles. The number of imidazole rings is 1. The first-order valence-electron chi connectivity index (χ1n) is 10.7. The van der Waals surface area contributed by atoms with Gasteiger partial charge in [-0.1, -0.05) is 42.5 Å². The lowest BCUT2D eigenvalue weighted by Gasteiger charge is -2.06. The lowest BCUT2D eigenvalue weighted by Crippen LogP contribution is -2.27. The number of amides is 2. The van der Waals surface area contributed by atoms with E-state index in [4.69, 9.17) is 4.42 Å². The van der Waals surface area contributed by atoms with E-state index in [2.05, 4.69) is 20.6 Å². The Morgan fingerprint density at radius 2 is 1.73 bits per heavy atom. The van der Waals surface area contributed by atoms with E-state index in [0.717, 1.165) is 27.8 Å². The molecular formula is C26H22N4O3. The second-order valence-corrected chi connectivity index (χ2v) is 7.78. The SMILES string of the molecule is O=C(Cc1ccc(NC(=O)c2cc3ccccc3o2)cc1)NCCc1nc2ccccc2[nH]1. The number of nitrogens with zero attached hydrogens (tertiary/aromatic N) is 1. The van der Waals surface area contributed by atoms with Crippen molar-refractivity contribution in [2.75, 3.05) is 11.9 Å². The Balaban J connectivity index is 1.11. The Morgan fingerprint density at radius 1 is 0.939 bits per heavy atom. The molecule has 0 saturated heterocycles. The minimum absolute atomic E-state index is 0.0647. The predicted octanol–water partition coefficient (Wildman–Crippen LogP) is 4.46. The zero-order chi connectivity index (χ0) is 22.6. The number of aromatic amines is 1. The van der Waals surface area contributed by atoms with Crippen molar-refractivity contribution >= 4 is 39.5 Å². The van der Waals surface area contributed by atoms with E-state index >= 15 is 0 Å². The van der Waals surface area contributed by atoms with Crippen LogP contribution in [0.25, 0.3) is 22.0 Å². The van der Waals surface area contributed by atoms with Gasteiger partial charge in [0.25, 0.3) is 5.91 Å². The van der Waals surface area contributed by atoms with Crippen molar-refractivity contribution < 1.29 is 14.0 Å². The highest BCUT2D eigenvalue weighted by Gasteiger charge is 2.12. The van der Waals surface area contributed by atoms with Gasteiger partial charge < -0.3 is 20.0 Å². The second kappa shape index (κ2) is 9.00. The van der Waals surface area contributed by atoms with E-state index in [1.165, 1.54) is 0 Å². The van der Waals surface area contributed by atoms with Gasteiger partial charge in [-0.3, -0.25) is 9.59 Å². The Hall–Kier alpha value is -4.39. The maximum absolute atomic E-state index is 12.5. The fourth-order valence-electron chi connectivity index (χ4n) is 3.68. The number of nitrogens with one attached hydrogen (secondary N) is 3. The van der Waals surface area contributed by atoms with Crippen LogP contribution in [0.2, 0.25) is 0 Å². The van der Waals surface area contributed by atoms with Gasteiger partial charge in [-0.15, -0.1) is 0 Å². The number of fused-ring (bicyclic) bond motifs is 2. The Bertz CT molecular complexity index is 1370. The largest absolute Gasteiger partial charge is 0.451 e. The molecule has 0 atom stereocenters. The average molecular weight is 438 g/mol. The number of para-hydroxylation sites is 3. The van der Waals surface area contributed by atoms with Gasteiger partial charge in [0.15, 0.2) is 5.76 Å². The normalized spacial score (nSPS) is 11.0. The maximum atomic E-state index is 12.5. The molecule has 0 radical (unpaired) electrons. The molecule has 2 heterocycles. The number of carbonyl (C=O) groups is 2. The molecule has 0 aliphatic carbocycles. The van der Waals surface area contributed by atoms with Gasteiger partial charge in [0.2, 0.25) is 5.91 Å². The van der Waals surface area contributed by atoms with E-state index in [0.29, 0.717) is 24.2 Å². The number of hydrogen-bond acceptors (Lipinski definition) is 4. The highest BCUT2D eigenvalue weighted by atomic mass is 16.3. The van der Waals surface area contributed by atoms with Gasteiger partial charge in [-0.25, -0.2) is 4.98 Å². The highest BCUT2D eigenvalue weighted by Crippen LogP contribution is 2.20. The summed E-state index contributed by atoms with van der Waals surface area (Å²) in [4.78, 5) is 32.5. The number of rotatable bonds is 7. The number of H-pyrrole nitrogens is 1. The molecule has 3 N–H and O–H groups in total. The van der Waals surface area contributed by atoms with Crippen LogP contribution in [0.1, 0.15) is 21.9 Å². The number of anilines is 1. The average Bonchev–Trinajstić information content (AvgIpc) is 3.44. The molecule has 5 rings (SSSR count). The monoisotopic (exact) mass is 438 g/mol. The third-order valence-electron chi connectivity index (χ3n) is 5.35. The predicted molar refractivity (Wildman–Crippen MR) is 127 cm³/mol. The third-order valence-corrected chi connectivity index (χ3v) is 5.35. The van der Waals surface area contributed by atoms with E-state index in [1.807, 2.05) is 60.7 Å². The first kappa shape index (κ1) is 20.5. The van der Waals surface area contributed by atoms with Crippen molar-refractivity contribution in [2.45, 2.75) is 12.8 Å². The molecular weight excluding hydrogens is 416 g/mol. The zero-order valence-electron chi connectivity index (χ0n) is 17.8. The summed E-state index contributed by atoms with van der Waals surface area (Å²) in [6.07, 6.45) is 0.894. The van der Waals surface area contributed by atoms with Gasteiger partial charge in [-0.2, -0.15) is 0 Å². The first-order chi connectivity index (χ1) is 16.1. The molecule has 7 nitrogen and oxygen atoms in total. The Labute approximate surface area is 189 Å². The summed E-state index contributed by atoms with van der Waals surface area (Å²) >= 11 is 0. The van der Waals surface area contributed by atoms with Crippen LogP contribution in [0.3, 0.4) is 0 Å². The van der Waals surface area contributed by atoms with Gasteiger partial charge in [0.1, 0.15) is 11.4 Å². The van der Waals surface area contributed by atoms with E-state index < -0.39 is 0 Å². The van der Waals surface area contributed by atoms with Crippen LogP contribution < -0.4 is 10.6 Å². The van der Waals surface area contributed by atoms with Crippen molar-refractivity contribution in [1.82, 2.24) is 15.3 Å². The van der Waals surface area contributed by atoms with E-state index in [-0.39, 0.29) is 24.0 Å². The van der Waals surface area contributed by atoms with Crippen molar-refractivity contribution in [3.8, 4) is 0 Å². The van der Waals surface area contributed by atoms with E-state index in [1.54, 1.807) is 18.2 Å². The Kier molecular flexibility index (Phi) is 5.59. The number of hydrogen-bond donors (Lipinski definition) is 3. The summed E-state index contributed by atoms with van der Waals surface area (Å²) < 4.78 is 5.59. The fourth-order valence-corrected chi connectivity index (χ4v) is 3.68. The zero-order valence-corrected chi connectivity index (χ0v) is 17.8. The van der Waals surface area contributed by atoms with Crippen LogP contribution in [0.4, 0.5) is 5.69 Å². The summed E-state index contributed by atoms with van der Waals surface area (Å²) in [5.41, 5.74) is 4.08. The summed E-state index contributed by atoms with van der Waals surface area (Å²) in [5.74, 6) is 0.720. The molecule has 33 heavy (non-hydrogen) atoms. The van der Waals surface area contributed by atoms with Crippen LogP contribution in [0.5, 0.6) is 0 Å².